The molecule has 0 unspecified atom stereocenters. The molecule has 1 aliphatic rings. The third-order valence-electron chi connectivity index (χ3n) is 5.04. The molecule has 0 atom stereocenters. The Morgan fingerprint density at radius 3 is 1.69 bits per heavy atom. The van der Waals surface area contributed by atoms with Crippen LogP contribution in [0.2, 0.25) is 10.6 Å². The molecule has 3 nitrogen and oxygen atoms in total. The molecule has 0 radical (unpaired) electrons. The Labute approximate surface area is 179 Å². The van der Waals surface area contributed by atoms with Crippen LogP contribution >= 0.6 is 7.14 Å². The molecule has 5 heteroatoms. The zero-order chi connectivity index (χ0) is 19.9. The fourth-order valence-electron chi connectivity index (χ4n) is 3.63. The van der Waals surface area contributed by atoms with Gasteiger partial charge in [-0.2, -0.15) is 0 Å². The monoisotopic (exact) mass is 472 g/mol. The Morgan fingerprint density at radius 1 is 0.655 bits per heavy atom. The van der Waals surface area contributed by atoms with E-state index in [1.807, 2.05) is 78.9 Å². The molecule has 0 saturated carbocycles. The van der Waals surface area contributed by atoms with Crippen molar-refractivity contribution in [1.29, 1.82) is 0 Å². The Balaban J connectivity index is 1.92. The first-order valence-electron chi connectivity index (χ1n) is 9.86. The van der Waals surface area contributed by atoms with E-state index >= 15 is 0 Å². The Bertz CT molecular complexity index is 933. The second-order valence-electron chi connectivity index (χ2n) is 6.92. The minimum atomic E-state index is -3.08. The molecular formula is C24H25O3PSe. The number of ether oxygens (including phenoxy) is 2. The molecule has 0 aromatic heterocycles. The summed E-state index contributed by atoms with van der Waals surface area (Å²) >= 11 is 0.530. The van der Waals surface area contributed by atoms with Crippen molar-refractivity contribution >= 4 is 38.0 Å². The molecule has 3 aromatic carbocycles. The summed E-state index contributed by atoms with van der Waals surface area (Å²) in [4.78, 5) is 0. The van der Waals surface area contributed by atoms with Gasteiger partial charge in [0.2, 0.25) is 0 Å². The van der Waals surface area contributed by atoms with Crippen molar-refractivity contribution < 1.29 is 14.0 Å². The van der Waals surface area contributed by atoms with Crippen LogP contribution in [0.3, 0.4) is 0 Å². The van der Waals surface area contributed by atoms with E-state index in [4.69, 9.17) is 9.47 Å². The van der Waals surface area contributed by atoms with E-state index in [2.05, 4.69) is 0 Å². The van der Waals surface area contributed by atoms with Crippen LogP contribution in [0.25, 0.3) is 0 Å². The fraction of sp³-hybridized carbons (Fsp3) is 0.250. The summed E-state index contributed by atoms with van der Waals surface area (Å²) in [6, 6.07) is 25.9. The van der Waals surface area contributed by atoms with Gasteiger partial charge in [-0.05, 0) is 0 Å². The summed E-state index contributed by atoms with van der Waals surface area (Å²) < 4.78 is 26.9. The van der Waals surface area contributed by atoms with Crippen LogP contribution in [-0.2, 0) is 27.3 Å². The van der Waals surface area contributed by atoms with Gasteiger partial charge in [-0.1, -0.05) is 0 Å². The normalized spacial score (nSPS) is 17.5. The summed E-state index contributed by atoms with van der Waals surface area (Å²) in [5.74, 6) is 0. The number of benzene rings is 3. The molecule has 0 fully saturated rings. The van der Waals surface area contributed by atoms with E-state index in [-0.39, 0.29) is 0 Å². The summed E-state index contributed by atoms with van der Waals surface area (Å²) in [5.41, 5.74) is 2.00. The molecule has 0 N–H and O–H groups in total. The van der Waals surface area contributed by atoms with Crippen molar-refractivity contribution in [2.45, 2.75) is 23.9 Å². The summed E-state index contributed by atoms with van der Waals surface area (Å²) in [5, 5.41) is 4.72. The summed E-state index contributed by atoms with van der Waals surface area (Å²) in [6.45, 7) is 2.45. The van der Waals surface area contributed by atoms with E-state index in [9.17, 15) is 4.57 Å². The van der Waals surface area contributed by atoms with Crippen LogP contribution in [0.1, 0.15) is 11.1 Å². The fourth-order valence-corrected chi connectivity index (χ4v) is 8.13. The van der Waals surface area contributed by atoms with Crippen LogP contribution in [0.15, 0.2) is 78.9 Å². The number of fused-ring (bicyclic) bond motifs is 2. The quantitative estimate of drug-likeness (QED) is 0.399. The maximum atomic E-state index is 15.0. The predicted molar refractivity (Wildman–Crippen MR) is 121 cm³/mol. The van der Waals surface area contributed by atoms with Crippen LogP contribution < -0.4 is 15.9 Å². The molecule has 1 heterocycles. The zero-order valence-electron chi connectivity index (χ0n) is 16.3. The van der Waals surface area contributed by atoms with Crippen LogP contribution in [0, 0.1) is 0 Å². The number of hydrogen-bond acceptors (Lipinski definition) is 3. The Hall–Kier alpha value is -1.67. The van der Waals surface area contributed by atoms with E-state index in [1.54, 1.807) is 0 Å². The van der Waals surface area contributed by atoms with Gasteiger partial charge in [-0.25, -0.2) is 0 Å². The van der Waals surface area contributed by atoms with Crippen molar-refractivity contribution in [2.24, 2.45) is 0 Å². The van der Waals surface area contributed by atoms with Gasteiger partial charge in [0, 0.05) is 0 Å². The summed E-state index contributed by atoms with van der Waals surface area (Å²) in [7, 11) is -3.08. The minimum absolute atomic E-state index is 0.488. The van der Waals surface area contributed by atoms with E-state index in [0.717, 1.165) is 50.9 Å². The molecule has 0 amide bonds. The Morgan fingerprint density at radius 2 is 1.14 bits per heavy atom. The van der Waals surface area contributed by atoms with Gasteiger partial charge in [0.05, 0.1) is 0 Å². The van der Waals surface area contributed by atoms with Crippen molar-refractivity contribution in [2.75, 3.05) is 13.2 Å². The van der Waals surface area contributed by atoms with E-state index < -0.39 is 7.14 Å². The van der Waals surface area contributed by atoms with Crippen molar-refractivity contribution in [3.8, 4) is 0 Å². The van der Waals surface area contributed by atoms with E-state index in [0.29, 0.717) is 28.2 Å². The molecule has 0 saturated heterocycles. The third-order valence-corrected chi connectivity index (χ3v) is 10.2. The van der Waals surface area contributed by atoms with Crippen LogP contribution in [-0.4, -0.2) is 28.2 Å². The van der Waals surface area contributed by atoms with Crippen LogP contribution in [0.4, 0.5) is 0 Å². The third kappa shape index (κ3) is 4.58. The molecule has 0 spiro atoms. The van der Waals surface area contributed by atoms with Crippen molar-refractivity contribution in [3.63, 3.8) is 0 Å². The second-order valence-corrected chi connectivity index (χ2v) is 12.2. The molecule has 0 bridgehead atoms. The number of hydrogen-bond donors (Lipinski definition) is 0. The van der Waals surface area contributed by atoms with Gasteiger partial charge in [0.1, 0.15) is 0 Å². The van der Waals surface area contributed by atoms with Crippen molar-refractivity contribution in [3.05, 3.63) is 90.0 Å². The second kappa shape index (κ2) is 9.89. The average molecular weight is 471 g/mol. The predicted octanol–water partition coefficient (Wildman–Crippen LogP) is 3.91. The maximum absolute atomic E-state index is 15.0. The Kier molecular flexibility index (Phi) is 7.02. The SMILES string of the molecule is O=P1(c2ccccc2)c2ccccc2COCC[Se]CCOCc2ccccc21. The molecule has 3 aromatic rings. The van der Waals surface area contributed by atoms with E-state index in [1.165, 1.54) is 0 Å². The van der Waals surface area contributed by atoms with Gasteiger partial charge in [-0.15, -0.1) is 0 Å². The zero-order valence-corrected chi connectivity index (χ0v) is 18.9. The first-order valence-corrected chi connectivity index (χ1v) is 14.0. The van der Waals surface area contributed by atoms with Gasteiger partial charge >= 0.3 is 179 Å². The summed E-state index contributed by atoms with van der Waals surface area (Å²) in [6.07, 6.45) is 0. The van der Waals surface area contributed by atoms with Gasteiger partial charge < -0.3 is 0 Å². The molecule has 1 aliphatic heterocycles. The molecule has 0 aliphatic carbocycles. The van der Waals surface area contributed by atoms with Crippen LogP contribution in [0.5, 0.6) is 0 Å². The average Bonchev–Trinajstić information content (AvgIpc) is 2.78. The standard InChI is InChI=1S/C24H25O3PSe/c25-28(22-10-2-1-3-11-22)23-12-6-4-8-20(23)18-26-14-16-29-17-15-27-19-21-9-5-7-13-24(21)28/h1-13H,14-19H2. The topological polar surface area (TPSA) is 35.5 Å². The first-order chi connectivity index (χ1) is 14.3. The van der Waals surface area contributed by atoms with Gasteiger partial charge in [0.25, 0.3) is 0 Å². The molecule has 4 rings (SSSR count). The molecular weight excluding hydrogens is 446 g/mol. The molecule has 29 heavy (non-hydrogen) atoms. The molecule has 150 valence electrons. The first kappa shape index (κ1) is 20.6. The van der Waals surface area contributed by atoms with Gasteiger partial charge in [-0.3, -0.25) is 0 Å². The van der Waals surface area contributed by atoms with Gasteiger partial charge in [0.15, 0.2) is 0 Å². The number of rotatable bonds is 1. The van der Waals surface area contributed by atoms with Crippen molar-refractivity contribution in [1.82, 2.24) is 0 Å².